The summed E-state index contributed by atoms with van der Waals surface area (Å²) in [6, 6.07) is 2.21. The number of hydrogen-bond donors (Lipinski definition) is 0. The Balaban J connectivity index is 3.00. The van der Waals surface area contributed by atoms with Crippen molar-refractivity contribution in [2.45, 2.75) is 11.5 Å². The molecular formula is C8H8ClF2NO3S. The lowest BCUT2D eigenvalue weighted by molar-refractivity contribution is 0.0817. The largest absolute Gasteiger partial charge is 0.487 e. The highest BCUT2D eigenvalue weighted by atomic mass is 35.5. The van der Waals surface area contributed by atoms with Gasteiger partial charge in [0.1, 0.15) is 17.5 Å². The number of aromatic nitrogens is 1. The lowest BCUT2D eigenvalue weighted by atomic mass is 10.4. The Labute approximate surface area is 96.1 Å². The molecule has 0 saturated heterocycles. The highest BCUT2D eigenvalue weighted by Gasteiger charge is 2.13. The minimum atomic E-state index is -3.55. The molecule has 4 nitrogen and oxygen atoms in total. The zero-order valence-corrected chi connectivity index (χ0v) is 9.73. The van der Waals surface area contributed by atoms with Gasteiger partial charge in [-0.15, -0.1) is 0 Å². The zero-order valence-electron chi connectivity index (χ0n) is 8.15. The van der Waals surface area contributed by atoms with Crippen molar-refractivity contribution in [2.24, 2.45) is 0 Å². The molecule has 0 aliphatic rings. The number of alkyl halides is 2. The van der Waals surface area contributed by atoms with E-state index in [0.29, 0.717) is 0 Å². The Kier molecular flexibility index (Phi) is 4.03. The molecule has 90 valence electrons. The second kappa shape index (κ2) is 4.92. The van der Waals surface area contributed by atoms with Gasteiger partial charge in [0.2, 0.25) is 0 Å². The summed E-state index contributed by atoms with van der Waals surface area (Å²) in [5, 5.41) is -0.448. The van der Waals surface area contributed by atoms with Gasteiger partial charge in [-0.05, 0) is 0 Å². The lowest BCUT2D eigenvalue weighted by Crippen LogP contribution is -2.08. The van der Waals surface area contributed by atoms with E-state index in [4.69, 9.17) is 11.6 Å². The monoisotopic (exact) mass is 271 g/mol. The fraction of sp³-hybridized carbons (Fsp3) is 0.375. The molecule has 0 radical (unpaired) electrons. The fourth-order valence-electron chi connectivity index (χ4n) is 0.883. The van der Waals surface area contributed by atoms with Gasteiger partial charge in [0.25, 0.3) is 6.43 Å². The minimum absolute atomic E-state index is 0.0549. The summed E-state index contributed by atoms with van der Waals surface area (Å²) >= 11 is 5.53. The van der Waals surface area contributed by atoms with Crippen molar-refractivity contribution < 1.29 is 21.9 Å². The van der Waals surface area contributed by atoms with Gasteiger partial charge in [-0.2, -0.15) is 0 Å². The van der Waals surface area contributed by atoms with E-state index in [1.165, 1.54) is 6.07 Å². The minimum Gasteiger partial charge on any atom is -0.487 e. The van der Waals surface area contributed by atoms with Gasteiger partial charge in [-0.25, -0.2) is 22.2 Å². The number of sulfone groups is 1. The first-order chi connectivity index (χ1) is 7.29. The molecule has 0 aliphatic heterocycles. The summed E-state index contributed by atoms with van der Waals surface area (Å²) in [5.74, 6) is -0.0549. The summed E-state index contributed by atoms with van der Waals surface area (Å²) < 4.78 is 50.7. The molecule has 0 aliphatic carbocycles. The van der Waals surface area contributed by atoms with Crippen molar-refractivity contribution in [2.75, 3.05) is 12.9 Å². The van der Waals surface area contributed by atoms with Crippen molar-refractivity contribution >= 4 is 21.4 Å². The molecule has 8 heteroatoms. The van der Waals surface area contributed by atoms with Gasteiger partial charge in [-0.1, -0.05) is 11.6 Å². The average molecular weight is 272 g/mol. The Morgan fingerprint density at radius 1 is 1.50 bits per heavy atom. The molecular weight excluding hydrogens is 264 g/mol. The van der Waals surface area contributed by atoms with Gasteiger partial charge < -0.3 is 4.74 Å². The predicted molar refractivity (Wildman–Crippen MR) is 53.9 cm³/mol. The first-order valence-electron chi connectivity index (χ1n) is 4.07. The summed E-state index contributed by atoms with van der Waals surface area (Å²) in [6.45, 7) is -0.830. The van der Waals surface area contributed by atoms with E-state index in [-0.39, 0.29) is 15.9 Å². The lowest BCUT2D eigenvalue weighted by Gasteiger charge is -2.06. The van der Waals surface area contributed by atoms with Crippen LogP contribution in [-0.4, -0.2) is 32.7 Å². The molecule has 0 fully saturated rings. The van der Waals surface area contributed by atoms with Gasteiger partial charge in [-0.3, -0.25) is 0 Å². The summed E-state index contributed by atoms with van der Waals surface area (Å²) in [4.78, 5) is 3.54. The van der Waals surface area contributed by atoms with Gasteiger partial charge >= 0.3 is 0 Å². The number of ether oxygens (including phenoxy) is 1. The van der Waals surface area contributed by atoms with Crippen LogP contribution in [0.5, 0.6) is 5.75 Å². The predicted octanol–water partition coefficient (Wildman–Crippen LogP) is 1.78. The maximum Gasteiger partial charge on any atom is 0.272 e. The molecule has 16 heavy (non-hydrogen) atoms. The van der Waals surface area contributed by atoms with Crippen LogP contribution in [0, 0.1) is 0 Å². The van der Waals surface area contributed by atoms with Crippen LogP contribution in [0.15, 0.2) is 17.2 Å². The standard InChI is InChI=1S/C8H8ClF2NO3S/c1-16(13,14)8-3-5(2-6(9)12-8)15-4-7(10)11/h2-3,7H,4H2,1H3. The van der Waals surface area contributed by atoms with E-state index in [2.05, 4.69) is 9.72 Å². The van der Waals surface area contributed by atoms with Crippen molar-refractivity contribution in [3.63, 3.8) is 0 Å². The van der Waals surface area contributed by atoms with Crippen LogP contribution in [-0.2, 0) is 9.84 Å². The molecule has 0 amide bonds. The number of rotatable bonds is 4. The molecule has 0 atom stereocenters. The number of pyridine rings is 1. The van der Waals surface area contributed by atoms with E-state index in [9.17, 15) is 17.2 Å². The molecule has 1 aromatic heterocycles. The molecule has 0 saturated carbocycles. The first-order valence-corrected chi connectivity index (χ1v) is 6.34. The highest BCUT2D eigenvalue weighted by Crippen LogP contribution is 2.20. The first kappa shape index (κ1) is 13.1. The van der Waals surface area contributed by atoms with E-state index < -0.39 is 22.9 Å². The summed E-state index contributed by atoms with van der Waals surface area (Å²) in [6.07, 6.45) is -1.71. The third-order valence-corrected chi connectivity index (χ3v) is 2.66. The summed E-state index contributed by atoms with van der Waals surface area (Å²) in [5.41, 5.74) is 0. The fourth-order valence-corrected chi connectivity index (χ4v) is 1.73. The molecule has 0 aromatic carbocycles. The normalized spacial score (nSPS) is 11.8. The zero-order chi connectivity index (χ0) is 12.3. The molecule has 1 aromatic rings. The third kappa shape index (κ3) is 3.90. The average Bonchev–Trinajstić information content (AvgIpc) is 2.12. The number of nitrogens with zero attached hydrogens (tertiary/aromatic N) is 1. The van der Waals surface area contributed by atoms with Crippen LogP contribution < -0.4 is 4.74 Å². The van der Waals surface area contributed by atoms with E-state index >= 15 is 0 Å². The smallest absolute Gasteiger partial charge is 0.272 e. The van der Waals surface area contributed by atoms with E-state index in [1.807, 2.05) is 0 Å². The molecule has 0 bridgehead atoms. The maximum atomic E-state index is 11.9. The Morgan fingerprint density at radius 2 is 2.12 bits per heavy atom. The van der Waals surface area contributed by atoms with Gasteiger partial charge in [0.05, 0.1) is 0 Å². The molecule has 0 unspecified atom stereocenters. The molecule has 0 N–H and O–H groups in total. The highest BCUT2D eigenvalue weighted by molar-refractivity contribution is 7.90. The Bertz CT molecular complexity index is 478. The molecule has 1 rings (SSSR count). The van der Waals surface area contributed by atoms with Crippen molar-refractivity contribution in [1.82, 2.24) is 4.98 Å². The van der Waals surface area contributed by atoms with Crippen molar-refractivity contribution in [1.29, 1.82) is 0 Å². The van der Waals surface area contributed by atoms with Crippen molar-refractivity contribution in [3.05, 3.63) is 17.3 Å². The second-order valence-corrected chi connectivity index (χ2v) is 5.29. The SMILES string of the molecule is CS(=O)(=O)c1cc(OCC(F)F)cc(Cl)n1. The van der Waals surface area contributed by atoms with E-state index in [1.54, 1.807) is 0 Å². The van der Waals surface area contributed by atoms with Crippen LogP contribution in [0.2, 0.25) is 5.15 Å². The molecule has 1 heterocycles. The number of halogens is 3. The Hall–Kier alpha value is -0.950. The van der Waals surface area contributed by atoms with Crippen LogP contribution in [0.25, 0.3) is 0 Å². The van der Waals surface area contributed by atoms with Gasteiger partial charge in [0.15, 0.2) is 14.9 Å². The van der Waals surface area contributed by atoms with Crippen LogP contribution >= 0.6 is 11.6 Å². The van der Waals surface area contributed by atoms with Crippen LogP contribution in [0.1, 0.15) is 0 Å². The Morgan fingerprint density at radius 3 is 2.62 bits per heavy atom. The quantitative estimate of drug-likeness (QED) is 0.784. The van der Waals surface area contributed by atoms with E-state index in [0.717, 1.165) is 12.3 Å². The maximum absolute atomic E-state index is 11.9. The topological polar surface area (TPSA) is 56.3 Å². The second-order valence-electron chi connectivity index (χ2n) is 2.94. The number of hydrogen-bond acceptors (Lipinski definition) is 4. The summed E-state index contributed by atoms with van der Waals surface area (Å²) in [7, 11) is -3.55. The van der Waals surface area contributed by atoms with Crippen LogP contribution in [0.4, 0.5) is 8.78 Å². The third-order valence-electron chi connectivity index (χ3n) is 1.50. The molecule has 0 spiro atoms. The van der Waals surface area contributed by atoms with Gasteiger partial charge in [0, 0.05) is 18.4 Å². The van der Waals surface area contributed by atoms with Crippen molar-refractivity contribution in [3.8, 4) is 5.75 Å². The van der Waals surface area contributed by atoms with Crippen LogP contribution in [0.3, 0.4) is 0 Å².